The number of nitrogens with one attached hydrogen (secondary N) is 1. The molecule has 7 nitrogen and oxygen atoms in total. The van der Waals surface area contributed by atoms with Crippen molar-refractivity contribution in [2.75, 3.05) is 20.2 Å². The number of ether oxygens (including phenoxy) is 1. The maximum absolute atomic E-state index is 12.3. The van der Waals surface area contributed by atoms with Crippen LogP contribution in [-0.4, -0.2) is 42.1 Å². The van der Waals surface area contributed by atoms with E-state index in [2.05, 4.69) is 35.8 Å². The molecule has 1 heterocycles. The van der Waals surface area contributed by atoms with Crippen LogP contribution in [-0.2, 0) is 11.3 Å². The van der Waals surface area contributed by atoms with Crippen LogP contribution in [0, 0.1) is 5.92 Å². The molecule has 1 aromatic heterocycles. The number of methoxy groups -OCH3 is 1. The number of esters is 1. The molecule has 0 spiro atoms. The second kappa shape index (κ2) is 9.86. The van der Waals surface area contributed by atoms with E-state index in [9.17, 15) is 9.59 Å². The van der Waals surface area contributed by atoms with Gasteiger partial charge in [-0.2, -0.15) is 0 Å². The summed E-state index contributed by atoms with van der Waals surface area (Å²) in [4.78, 5) is 29.4. The van der Waals surface area contributed by atoms with Gasteiger partial charge in [0.05, 0.1) is 13.7 Å². The standard InChI is InChI=1S/C16H27N3O4/c1-5-6-8-17-16(21)19(9-7-12(2)3)10-14-18-13(11-23-14)15(20)22-4/h11-12H,5-10H2,1-4H3,(H,17,21). The van der Waals surface area contributed by atoms with E-state index in [1.807, 2.05) is 0 Å². The average molecular weight is 325 g/mol. The molecule has 1 aromatic rings. The molecule has 1 N–H and O–H groups in total. The average Bonchev–Trinajstić information content (AvgIpc) is 2.99. The van der Waals surface area contributed by atoms with Crippen LogP contribution in [0.5, 0.6) is 0 Å². The van der Waals surface area contributed by atoms with Crippen molar-refractivity contribution in [2.45, 2.75) is 46.6 Å². The highest BCUT2D eigenvalue weighted by molar-refractivity contribution is 5.86. The first-order chi connectivity index (χ1) is 11.0. The number of amides is 2. The number of aromatic nitrogens is 1. The lowest BCUT2D eigenvalue weighted by Gasteiger charge is -2.22. The van der Waals surface area contributed by atoms with Gasteiger partial charge in [-0.05, 0) is 18.8 Å². The molecule has 23 heavy (non-hydrogen) atoms. The molecule has 1 rings (SSSR count). The van der Waals surface area contributed by atoms with E-state index in [1.165, 1.54) is 13.4 Å². The highest BCUT2D eigenvalue weighted by Crippen LogP contribution is 2.10. The third kappa shape index (κ3) is 6.71. The van der Waals surface area contributed by atoms with Crippen LogP contribution in [0.15, 0.2) is 10.7 Å². The van der Waals surface area contributed by atoms with Crippen LogP contribution in [0.4, 0.5) is 4.79 Å². The van der Waals surface area contributed by atoms with Crippen molar-refractivity contribution < 1.29 is 18.7 Å². The predicted molar refractivity (Wildman–Crippen MR) is 86.0 cm³/mol. The number of carbonyl (C=O) groups is 2. The minimum Gasteiger partial charge on any atom is -0.464 e. The van der Waals surface area contributed by atoms with Crippen LogP contribution in [0.3, 0.4) is 0 Å². The molecule has 130 valence electrons. The molecular formula is C16H27N3O4. The molecule has 0 saturated heterocycles. The first-order valence-corrected chi connectivity index (χ1v) is 8.03. The highest BCUT2D eigenvalue weighted by atomic mass is 16.5. The van der Waals surface area contributed by atoms with Gasteiger partial charge in [0.15, 0.2) is 5.69 Å². The fraction of sp³-hybridized carbons (Fsp3) is 0.688. The SMILES string of the molecule is CCCCNC(=O)N(CCC(C)C)Cc1nc(C(=O)OC)co1. The molecule has 0 radical (unpaired) electrons. The molecule has 0 aliphatic heterocycles. The quantitative estimate of drug-likeness (QED) is 0.557. The van der Waals surface area contributed by atoms with E-state index in [0.717, 1.165) is 19.3 Å². The molecule has 0 fully saturated rings. The number of hydrogen-bond acceptors (Lipinski definition) is 5. The third-order valence-electron chi connectivity index (χ3n) is 3.34. The Morgan fingerprint density at radius 3 is 2.78 bits per heavy atom. The summed E-state index contributed by atoms with van der Waals surface area (Å²) in [6, 6.07) is -0.142. The third-order valence-corrected chi connectivity index (χ3v) is 3.34. The summed E-state index contributed by atoms with van der Waals surface area (Å²) in [6.07, 6.45) is 4.09. The summed E-state index contributed by atoms with van der Waals surface area (Å²) < 4.78 is 9.86. The molecule has 0 aliphatic rings. The van der Waals surface area contributed by atoms with Gasteiger partial charge in [0.2, 0.25) is 5.89 Å². The van der Waals surface area contributed by atoms with Crippen molar-refractivity contribution in [3.8, 4) is 0 Å². The van der Waals surface area contributed by atoms with E-state index < -0.39 is 5.97 Å². The van der Waals surface area contributed by atoms with Crippen LogP contribution >= 0.6 is 0 Å². The van der Waals surface area contributed by atoms with E-state index in [0.29, 0.717) is 24.9 Å². The van der Waals surface area contributed by atoms with Crippen molar-refractivity contribution in [1.82, 2.24) is 15.2 Å². The van der Waals surface area contributed by atoms with Gasteiger partial charge in [0.25, 0.3) is 0 Å². The Morgan fingerprint density at radius 2 is 2.17 bits per heavy atom. The lowest BCUT2D eigenvalue weighted by Crippen LogP contribution is -2.40. The van der Waals surface area contributed by atoms with Gasteiger partial charge >= 0.3 is 12.0 Å². The van der Waals surface area contributed by atoms with Gasteiger partial charge in [0.1, 0.15) is 6.26 Å². The minimum atomic E-state index is -0.555. The van der Waals surface area contributed by atoms with Crippen molar-refractivity contribution in [3.63, 3.8) is 0 Å². The van der Waals surface area contributed by atoms with Gasteiger partial charge in [0, 0.05) is 13.1 Å². The summed E-state index contributed by atoms with van der Waals surface area (Å²) >= 11 is 0. The number of oxazole rings is 1. The molecule has 0 bridgehead atoms. The zero-order valence-corrected chi connectivity index (χ0v) is 14.4. The number of nitrogens with zero attached hydrogens (tertiary/aromatic N) is 2. The van der Waals surface area contributed by atoms with Crippen LogP contribution in [0.1, 0.15) is 56.4 Å². The first-order valence-electron chi connectivity index (χ1n) is 8.03. The van der Waals surface area contributed by atoms with Gasteiger partial charge in [-0.15, -0.1) is 0 Å². The molecule has 0 saturated carbocycles. The molecule has 0 aliphatic carbocycles. The van der Waals surface area contributed by atoms with E-state index in [-0.39, 0.29) is 18.3 Å². The topological polar surface area (TPSA) is 84.7 Å². The Hall–Kier alpha value is -2.05. The Labute approximate surface area is 137 Å². The molecular weight excluding hydrogens is 298 g/mol. The van der Waals surface area contributed by atoms with Crippen molar-refractivity contribution in [2.24, 2.45) is 5.92 Å². The fourth-order valence-electron chi connectivity index (χ4n) is 1.90. The normalized spacial score (nSPS) is 10.7. The summed E-state index contributed by atoms with van der Waals surface area (Å²) in [6.45, 7) is 7.75. The molecule has 7 heteroatoms. The molecule has 0 aromatic carbocycles. The summed E-state index contributed by atoms with van der Waals surface area (Å²) in [5.74, 6) is 0.247. The Balaban J connectivity index is 2.69. The summed E-state index contributed by atoms with van der Waals surface area (Å²) in [5.41, 5.74) is 0.109. The van der Waals surface area contributed by atoms with Crippen LogP contribution in [0.25, 0.3) is 0 Å². The van der Waals surface area contributed by atoms with E-state index in [4.69, 9.17) is 4.42 Å². The summed E-state index contributed by atoms with van der Waals surface area (Å²) in [7, 11) is 1.28. The second-order valence-electron chi connectivity index (χ2n) is 5.81. The maximum Gasteiger partial charge on any atom is 0.360 e. The number of carbonyl (C=O) groups excluding carboxylic acids is 2. The van der Waals surface area contributed by atoms with Crippen LogP contribution in [0.2, 0.25) is 0 Å². The zero-order valence-electron chi connectivity index (χ0n) is 14.4. The lowest BCUT2D eigenvalue weighted by atomic mass is 10.1. The second-order valence-corrected chi connectivity index (χ2v) is 5.81. The molecule has 2 amide bonds. The van der Waals surface area contributed by atoms with Gasteiger partial charge in [-0.25, -0.2) is 14.6 Å². The highest BCUT2D eigenvalue weighted by Gasteiger charge is 2.18. The number of urea groups is 1. The lowest BCUT2D eigenvalue weighted by molar-refractivity contribution is 0.0594. The van der Waals surface area contributed by atoms with Crippen molar-refractivity contribution in [3.05, 3.63) is 17.8 Å². The zero-order chi connectivity index (χ0) is 17.2. The van der Waals surface area contributed by atoms with E-state index >= 15 is 0 Å². The Bertz CT molecular complexity index is 499. The minimum absolute atomic E-state index is 0.109. The van der Waals surface area contributed by atoms with Crippen molar-refractivity contribution >= 4 is 12.0 Å². The maximum atomic E-state index is 12.3. The number of rotatable bonds is 9. The molecule has 0 unspecified atom stereocenters. The Kier molecular flexibility index (Phi) is 8.15. The van der Waals surface area contributed by atoms with Crippen molar-refractivity contribution in [1.29, 1.82) is 0 Å². The number of unbranched alkanes of at least 4 members (excludes halogenated alkanes) is 1. The first kappa shape index (κ1) is 19.0. The predicted octanol–water partition coefficient (Wildman–Crippen LogP) is 2.82. The smallest absolute Gasteiger partial charge is 0.360 e. The van der Waals surface area contributed by atoms with Gasteiger partial charge in [-0.3, -0.25) is 0 Å². The monoisotopic (exact) mass is 325 g/mol. The van der Waals surface area contributed by atoms with Gasteiger partial charge in [-0.1, -0.05) is 27.2 Å². The summed E-state index contributed by atoms with van der Waals surface area (Å²) in [5, 5.41) is 2.89. The van der Waals surface area contributed by atoms with Gasteiger partial charge < -0.3 is 19.4 Å². The molecule has 0 atom stereocenters. The largest absolute Gasteiger partial charge is 0.464 e. The fourth-order valence-corrected chi connectivity index (χ4v) is 1.90. The van der Waals surface area contributed by atoms with Crippen LogP contribution < -0.4 is 5.32 Å². The Morgan fingerprint density at radius 1 is 1.43 bits per heavy atom. The van der Waals surface area contributed by atoms with E-state index in [1.54, 1.807) is 4.90 Å². The number of hydrogen-bond donors (Lipinski definition) is 1.